The highest BCUT2D eigenvalue weighted by molar-refractivity contribution is 5.57. The molecule has 0 aliphatic heterocycles. The van der Waals surface area contributed by atoms with Gasteiger partial charge in [-0.3, -0.25) is 0 Å². The van der Waals surface area contributed by atoms with Crippen LogP contribution in [0.3, 0.4) is 0 Å². The Bertz CT molecular complexity index is 615. The van der Waals surface area contributed by atoms with Crippen LogP contribution >= 0.6 is 0 Å². The van der Waals surface area contributed by atoms with Crippen molar-refractivity contribution in [2.75, 3.05) is 0 Å². The molecule has 1 aromatic rings. The molecule has 3 N–H and O–H groups in total. The van der Waals surface area contributed by atoms with Crippen molar-refractivity contribution in [1.29, 1.82) is 0 Å². The molecule has 0 heterocycles. The second-order valence-corrected chi connectivity index (χ2v) is 9.83. The average Bonchev–Trinajstić information content (AvgIpc) is 3.35. The molecule has 0 bridgehead atoms. The highest BCUT2D eigenvalue weighted by Gasteiger charge is 2.35. The minimum Gasteiger partial charge on any atom is -0.504 e. The predicted molar refractivity (Wildman–Crippen MR) is 113 cm³/mol. The van der Waals surface area contributed by atoms with E-state index in [2.05, 4.69) is 27.7 Å². The molecule has 1 fully saturated rings. The van der Waals surface area contributed by atoms with Crippen molar-refractivity contribution in [2.45, 2.75) is 105 Å². The molecule has 1 aliphatic rings. The summed E-state index contributed by atoms with van der Waals surface area (Å²) in [7, 11) is 0. The summed E-state index contributed by atoms with van der Waals surface area (Å²) in [5.41, 5.74) is 2.80. The summed E-state index contributed by atoms with van der Waals surface area (Å²) in [6, 6.07) is 1.66. The quantitative estimate of drug-likeness (QED) is 0.276. The highest BCUT2D eigenvalue weighted by atomic mass is 16.3. The van der Waals surface area contributed by atoms with Gasteiger partial charge in [0.2, 0.25) is 5.75 Å². The minimum atomic E-state index is -0.371. The number of aromatic hydroxyl groups is 3. The zero-order chi connectivity index (χ0) is 20.1. The minimum absolute atomic E-state index is 0.120. The molecule has 0 radical (unpaired) electrons. The third kappa shape index (κ3) is 6.62. The summed E-state index contributed by atoms with van der Waals surface area (Å²) in [4.78, 5) is 0. The van der Waals surface area contributed by atoms with E-state index in [1.54, 1.807) is 6.07 Å². The van der Waals surface area contributed by atoms with Crippen molar-refractivity contribution in [3.05, 3.63) is 17.2 Å². The monoisotopic (exact) mass is 376 g/mol. The van der Waals surface area contributed by atoms with E-state index in [1.807, 2.05) is 0 Å². The molecule has 0 spiro atoms. The van der Waals surface area contributed by atoms with Crippen LogP contribution in [0.4, 0.5) is 0 Å². The summed E-state index contributed by atoms with van der Waals surface area (Å²) in [6.45, 7) is 9.20. The van der Waals surface area contributed by atoms with Gasteiger partial charge in [-0.1, -0.05) is 53.4 Å². The maximum Gasteiger partial charge on any atom is 0.200 e. The number of unbranched alkanes of at least 4 members (excludes halogenated alkanes) is 3. The summed E-state index contributed by atoms with van der Waals surface area (Å²) in [5, 5.41) is 30.2. The fraction of sp³-hybridized carbons (Fsp3) is 0.750. The molecule has 1 aliphatic carbocycles. The molecule has 1 saturated carbocycles. The maximum atomic E-state index is 10.4. The van der Waals surface area contributed by atoms with Gasteiger partial charge < -0.3 is 15.3 Å². The topological polar surface area (TPSA) is 60.7 Å². The Kier molecular flexibility index (Phi) is 7.47. The lowest BCUT2D eigenvalue weighted by atomic mass is 9.84. The number of benzene rings is 1. The Morgan fingerprint density at radius 2 is 1.59 bits per heavy atom. The van der Waals surface area contributed by atoms with Crippen LogP contribution in [0.1, 0.15) is 103 Å². The van der Waals surface area contributed by atoms with Crippen molar-refractivity contribution in [1.82, 2.24) is 0 Å². The average molecular weight is 377 g/mol. The van der Waals surface area contributed by atoms with Crippen LogP contribution in [0.2, 0.25) is 0 Å². The van der Waals surface area contributed by atoms with Gasteiger partial charge in [0.1, 0.15) is 0 Å². The van der Waals surface area contributed by atoms with Crippen LogP contribution in [0.5, 0.6) is 17.2 Å². The van der Waals surface area contributed by atoms with E-state index in [4.69, 9.17) is 0 Å². The molecule has 3 nitrogen and oxygen atoms in total. The van der Waals surface area contributed by atoms with Crippen molar-refractivity contribution in [2.24, 2.45) is 10.8 Å². The number of hydrogen-bond donors (Lipinski definition) is 3. The Labute approximate surface area is 165 Å². The van der Waals surface area contributed by atoms with Crippen molar-refractivity contribution < 1.29 is 15.3 Å². The zero-order valence-corrected chi connectivity index (χ0v) is 17.9. The van der Waals surface area contributed by atoms with E-state index in [1.165, 1.54) is 44.9 Å². The molecular formula is C24H40O3. The Balaban J connectivity index is 1.89. The molecule has 0 saturated heterocycles. The fourth-order valence-electron chi connectivity index (χ4n) is 3.83. The van der Waals surface area contributed by atoms with Gasteiger partial charge in [0.25, 0.3) is 0 Å². The lowest BCUT2D eigenvalue weighted by molar-refractivity contribution is 0.309. The largest absolute Gasteiger partial charge is 0.504 e. The summed E-state index contributed by atoms with van der Waals surface area (Å²) in [6.07, 6.45) is 13.6. The van der Waals surface area contributed by atoms with Gasteiger partial charge in [-0.15, -0.1) is 0 Å². The highest BCUT2D eigenvalue weighted by Crippen LogP contribution is 2.49. The zero-order valence-electron chi connectivity index (χ0n) is 17.9. The molecule has 2 rings (SSSR count). The first-order valence-corrected chi connectivity index (χ1v) is 10.9. The summed E-state index contributed by atoms with van der Waals surface area (Å²) < 4.78 is 0. The van der Waals surface area contributed by atoms with Crippen LogP contribution in [-0.4, -0.2) is 15.3 Å². The predicted octanol–water partition coefficient (Wildman–Crippen LogP) is 6.86. The Morgan fingerprint density at radius 3 is 2.22 bits per heavy atom. The molecule has 0 aromatic heterocycles. The lowest BCUT2D eigenvalue weighted by Crippen LogP contribution is -2.09. The molecular weight excluding hydrogens is 336 g/mol. The van der Waals surface area contributed by atoms with Crippen LogP contribution in [0.15, 0.2) is 6.07 Å². The van der Waals surface area contributed by atoms with E-state index in [-0.39, 0.29) is 17.2 Å². The SMILES string of the molecule is CCC(C)(C)CCCCc1c(CCCCCC2(C)CC2)cc(O)c(O)c1O. The number of phenolic OH excluding ortho intramolecular Hbond substituents is 3. The first kappa shape index (κ1) is 21.9. The second kappa shape index (κ2) is 9.21. The number of aryl methyl sites for hydroxylation is 1. The fourth-order valence-corrected chi connectivity index (χ4v) is 3.83. The van der Waals surface area contributed by atoms with Crippen molar-refractivity contribution in [3.8, 4) is 17.2 Å². The first-order chi connectivity index (χ1) is 12.7. The molecule has 3 heteroatoms. The first-order valence-electron chi connectivity index (χ1n) is 10.9. The van der Waals surface area contributed by atoms with Crippen molar-refractivity contribution in [3.63, 3.8) is 0 Å². The smallest absolute Gasteiger partial charge is 0.200 e. The molecule has 27 heavy (non-hydrogen) atoms. The van der Waals surface area contributed by atoms with Gasteiger partial charge in [0.15, 0.2) is 11.5 Å². The summed E-state index contributed by atoms with van der Waals surface area (Å²) in [5.74, 6) is -0.696. The Hall–Kier alpha value is -1.38. The maximum absolute atomic E-state index is 10.4. The van der Waals surface area contributed by atoms with Crippen molar-refractivity contribution >= 4 is 0 Å². The molecule has 0 unspecified atom stereocenters. The van der Waals surface area contributed by atoms with E-state index >= 15 is 0 Å². The van der Waals surface area contributed by atoms with Gasteiger partial charge in [-0.05, 0) is 73.8 Å². The van der Waals surface area contributed by atoms with Crippen LogP contribution in [-0.2, 0) is 12.8 Å². The summed E-state index contributed by atoms with van der Waals surface area (Å²) >= 11 is 0. The third-order valence-electron chi connectivity index (χ3n) is 6.77. The molecule has 0 amide bonds. The van der Waals surface area contributed by atoms with Gasteiger partial charge in [0, 0.05) is 5.56 Å². The number of phenols is 3. The number of hydrogen-bond acceptors (Lipinski definition) is 3. The number of rotatable bonds is 12. The molecule has 0 atom stereocenters. The van der Waals surface area contributed by atoms with Gasteiger partial charge in [0.05, 0.1) is 0 Å². The van der Waals surface area contributed by atoms with E-state index in [0.717, 1.165) is 43.2 Å². The van der Waals surface area contributed by atoms with Gasteiger partial charge >= 0.3 is 0 Å². The van der Waals surface area contributed by atoms with Crippen LogP contribution in [0.25, 0.3) is 0 Å². The van der Waals surface area contributed by atoms with E-state index in [9.17, 15) is 15.3 Å². The van der Waals surface area contributed by atoms with Crippen LogP contribution < -0.4 is 0 Å². The van der Waals surface area contributed by atoms with E-state index in [0.29, 0.717) is 10.8 Å². The third-order valence-corrected chi connectivity index (χ3v) is 6.77. The van der Waals surface area contributed by atoms with Crippen LogP contribution in [0, 0.1) is 10.8 Å². The van der Waals surface area contributed by atoms with Gasteiger partial charge in [-0.25, -0.2) is 0 Å². The van der Waals surface area contributed by atoms with Gasteiger partial charge in [-0.2, -0.15) is 0 Å². The molecule has 154 valence electrons. The second-order valence-electron chi connectivity index (χ2n) is 9.83. The normalized spacial score (nSPS) is 15.9. The lowest BCUT2D eigenvalue weighted by Gasteiger charge is -2.22. The standard InChI is InChI=1S/C24H40O3/c1-5-23(2,3)13-10-8-12-19-18(17-20(25)22(27)21(19)26)11-7-6-9-14-24(4)15-16-24/h17,25-27H,5-16H2,1-4H3. The Morgan fingerprint density at radius 1 is 0.926 bits per heavy atom. The van der Waals surface area contributed by atoms with E-state index < -0.39 is 0 Å². The molecule has 1 aromatic carbocycles.